The van der Waals surface area contributed by atoms with Crippen LogP contribution in [0.25, 0.3) is 0 Å². The zero-order chi connectivity index (χ0) is 16.8. The number of nitrogens with one attached hydrogen (secondary N) is 1. The van der Waals surface area contributed by atoms with Gasteiger partial charge in [-0.3, -0.25) is 14.4 Å². The van der Waals surface area contributed by atoms with Crippen LogP contribution in [0.3, 0.4) is 0 Å². The smallest absolute Gasteiger partial charge is 0.272 e. The van der Waals surface area contributed by atoms with Gasteiger partial charge in [-0.25, -0.2) is 0 Å². The molecular formula is C18H30N4O. The molecule has 0 bridgehead atoms. The Hall–Kier alpha value is -1.36. The highest BCUT2D eigenvalue weighted by Gasteiger charge is 2.35. The predicted molar refractivity (Wildman–Crippen MR) is 91.8 cm³/mol. The van der Waals surface area contributed by atoms with Gasteiger partial charge in [-0.2, -0.15) is 5.10 Å². The molecule has 1 aromatic heterocycles. The molecular weight excluding hydrogens is 288 g/mol. The van der Waals surface area contributed by atoms with Crippen molar-refractivity contribution < 1.29 is 4.79 Å². The summed E-state index contributed by atoms with van der Waals surface area (Å²) in [5.41, 5.74) is 1.55. The number of carbonyl (C=O) groups is 1. The average Bonchev–Trinajstić information content (AvgIpc) is 3.01. The van der Waals surface area contributed by atoms with Crippen molar-refractivity contribution in [2.24, 2.45) is 0 Å². The summed E-state index contributed by atoms with van der Waals surface area (Å²) in [7, 11) is 0. The fourth-order valence-corrected chi connectivity index (χ4v) is 3.39. The molecule has 23 heavy (non-hydrogen) atoms. The van der Waals surface area contributed by atoms with Crippen molar-refractivity contribution in [3.63, 3.8) is 0 Å². The van der Waals surface area contributed by atoms with E-state index in [1.54, 1.807) is 0 Å². The lowest BCUT2D eigenvalue weighted by molar-refractivity contribution is 0.0931. The minimum absolute atomic E-state index is 0.0300. The third-order valence-corrected chi connectivity index (χ3v) is 4.81. The summed E-state index contributed by atoms with van der Waals surface area (Å²) in [6.45, 7) is 12.8. The molecule has 2 aliphatic rings. The Morgan fingerprint density at radius 2 is 2.00 bits per heavy atom. The molecule has 1 atom stereocenters. The van der Waals surface area contributed by atoms with Gasteiger partial charge in [0.2, 0.25) is 0 Å². The van der Waals surface area contributed by atoms with Crippen LogP contribution in [0.5, 0.6) is 0 Å². The second-order valence-corrected chi connectivity index (χ2v) is 8.38. The van der Waals surface area contributed by atoms with Gasteiger partial charge < -0.3 is 5.32 Å². The molecule has 3 rings (SSSR count). The lowest BCUT2D eigenvalue weighted by Gasteiger charge is -2.23. The molecule has 1 aromatic rings. The summed E-state index contributed by atoms with van der Waals surface area (Å²) < 4.78 is 2.00. The third kappa shape index (κ3) is 3.60. The molecule has 1 aliphatic heterocycles. The van der Waals surface area contributed by atoms with Gasteiger partial charge in [0.25, 0.3) is 5.91 Å². The normalized spacial score (nSPS) is 22.8. The number of amides is 1. The van der Waals surface area contributed by atoms with Crippen molar-refractivity contribution in [2.45, 2.75) is 77.4 Å². The first-order valence-electron chi connectivity index (χ1n) is 8.91. The van der Waals surface area contributed by atoms with E-state index < -0.39 is 0 Å². The largest absolute Gasteiger partial charge is 0.347 e. The van der Waals surface area contributed by atoms with Gasteiger partial charge in [0.15, 0.2) is 0 Å². The molecule has 5 heteroatoms. The van der Waals surface area contributed by atoms with Crippen LogP contribution in [0.2, 0.25) is 0 Å². The van der Waals surface area contributed by atoms with Crippen molar-refractivity contribution in [3.05, 3.63) is 17.5 Å². The van der Waals surface area contributed by atoms with Crippen LogP contribution in [-0.2, 0) is 5.54 Å². The second-order valence-electron chi connectivity index (χ2n) is 8.38. The zero-order valence-electron chi connectivity index (χ0n) is 15.1. The number of likely N-dealkylation sites (tertiary alicyclic amines) is 1. The highest BCUT2D eigenvalue weighted by molar-refractivity contribution is 5.92. The maximum absolute atomic E-state index is 12.6. The lowest BCUT2D eigenvalue weighted by atomic mass is 10.1. The van der Waals surface area contributed by atoms with E-state index in [2.05, 4.69) is 49.9 Å². The van der Waals surface area contributed by atoms with E-state index in [1.165, 1.54) is 12.8 Å². The minimum atomic E-state index is -0.117. The summed E-state index contributed by atoms with van der Waals surface area (Å²) >= 11 is 0. The van der Waals surface area contributed by atoms with E-state index in [1.807, 2.05) is 10.7 Å². The molecule has 2 heterocycles. The Morgan fingerprint density at radius 1 is 1.30 bits per heavy atom. The molecule has 1 saturated heterocycles. The SMILES string of the molecule is CC(C)c1cc(C(=O)N[C@H]2CCN(C3CC3)C2)nn1C(C)(C)C. The van der Waals surface area contributed by atoms with E-state index >= 15 is 0 Å². The van der Waals surface area contributed by atoms with Crippen molar-refractivity contribution in [2.75, 3.05) is 13.1 Å². The van der Waals surface area contributed by atoms with E-state index in [4.69, 9.17) is 0 Å². The summed E-state index contributed by atoms with van der Waals surface area (Å²) in [6, 6.07) is 3.01. The summed E-state index contributed by atoms with van der Waals surface area (Å²) in [5.74, 6) is 0.317. The number of hydrogen-bond donors (Lipinski definition) is 1. The Bertz CT molecular complexity index is 580. The van der Waals surface area contributed by atoms with Gasteiger partial charge in [-0.1, -0.05) is 13.8 Å². The number of carbonyl (C=O) groups excluding carboxylic acids is 1. The summed E-state index contributed by atoms with van der Waals surface area (Å²) in [4.78, 5) is 15.1. The Kier molecular flexibility index (Phi) is 4.25. The maximum atomic E-state index is 12.6. The van der Waals surface area contributed by atoms with Crippen LogP contribution in [0, 0.1) is 0 Å². The molecule has 1 aliphatic carbocycles. The molecule has 128 valence electrons. The van der Waals surface area contributed by atoms with Gasteiger partial charge in [0.05, 0.1) is 5.54 Å². The first kappa shape index (κ1) is 16.5. The van der Waals surface area contributed by atoms with Crippen LogP contribution in [-0.4, -0.2) is 45.8 Å². The number of rotatable bonds is 4. The van der Waals surface area contributed by atoms with Crippen LogP contribution in [0.4, 0.5) is 0 Å². The first-order chi connectivity index (χ1) is 10.8. The highest BCUT2D eigenvalue weighted by Crippen LogP contribution is 2.30. The molecule has 1 amide bonds. The van der Waals surface area contributed by atoms with Gasteiger partial charge in [-0.15, -0.1) is 0 Å². The highest BCUT2D eigenvalue weighted by atomic mass is 16.2. The molecule has 0 spiro atoms. The second kappa shape index (κ2) is 5.93. The predicted octanol–water partition coefficient (Wildman–Crippen LogP) is 2.73. The van der Waals surface area contributed by atoms with Crippen LogP contribution in [0.15, 0.2) is 6.07 Å². The summed E-state index contributed by atoms with van der Waals surface area (Å²) in [5, 5.41) is 7.78. The Balaban J connectivity index is 1.69. The third-order valence-electron chi connectivity index (χ3n) is 4.81. The number of aromatic nitrogens is 2. The van der Waals surface area contributed by atoms with Crippen molar-refractivity contribution >= 4 is 5.91 Å². The van der Waals surface area contributed by atoms with Gasteiger partial charge in [-0.05, 0) is 52.0 Å². The monoisotopic (exact) mass is 318 g/mol. The van der Waals surface area contributed by atoms with E-state index in [-0.39, 0.29) is 17.5 Å². The molecule has 5 nitrogen and oxygen atoms in total. The van der Waals surface area contributed by atoms with Crippen LogP contribution < -0.4 is 5.32 Å². The molecule has 0 aromatic carbocycles. The molecule has 1 saturated carbocycles. The number of hydrogen-bond acceptors (Lipinski definition) is 3. The Morgan fingerprint density at radius 3 is 2.52 bits per heavy atom. The molecule has 1 N–H and O–H groups in total. The van der Waals surface area contributed by atoms with Crippen molar-refractivity contribution in [3.8, 4) is 0 Å². The zero-order valence-corrected chi connectivity index (χ0v) is 15.1. The van der Waals surface area contributed by atoms with Gasteiger partial charge in [0.1, 0.15) is 5.69 Å². The van der Waals surface area contributed by atoms with Crippen molar-refractivity contribution in [1.82, 2.24) is 20.0 Å². The lowest BCUT2D eigenvalue weighted by Crippen LogP contribution is -2.37. The summed E-state index contributed by atoms with van der Waals surface area (Å²) in [6.07, 6.45) is 3.71. The van der Waals surface area contributed by atoms with E-state index in [0.29, 0.717) is 11.6 Å². The fraction of sp³-hybridized carbons (Fsp3) is 0.778. The minimum Gasteiger partial charge on any atom is -0.347 e. The first-order valence-corrected chi connectivity index (χ1v) is 8.91. The van der Waals surface area contributed by atoms with Crippen molar-refractivity contribution in [1.29, 1.82) is 0 Å². The van der Waals surface area contributed by atoms with E-state index in [9.17, 15) is 4.79 Å². The molecule has 2 fully saturated rings. The Labute approximate surface area is 139 Å². The fourth-order valence-electron chi connectivity index (χ4n) is 3.39. The van der Waals surface area contributed by atoms with Gasteiger partial charge >= 0.3 is 0 Å². The van der Waals surface area contributed by atoms with Crippen LogP contribution in [0.1, 0.15) is 76.0 Å². The topological polar surface area (TPSA) is 50.2 Å². The van der Waals surface area contributed by atoms with E-state index in [0.717, 1.165) is 31.2 Å². The number of nitrogens with zero attached hydrogens (tertiary/aromatic N) is 3. The molecule has 0 radical (unpaired) electrons. The van der Waals surface area contributed by atoms with Gasteiger partial charge in [0, 0.05) is 30.9 Å². The molecule has 0 unspecified atom stereocenters. The standard InChI is InChI=1S/C18H30N4O/c1-12(2)16-10-15(20-22(16)18(3,4)5)17(23)19-13-8-9-21(11-13)14-6-7-14/h10,12-14H,6-9,11H2,1-5H3,(H,19,23)/t13-/m0/s1. The average molecular weight is 318 g/mol. The quantitative estimate of drug-likeness (QED) is 0.928. The maximum Gasteiger partial charge on any atom is 0.272 e. The van der Waals surface area contributed by atoms with Crippen LogP contribution >= 0.6 is 0 Å².